The molecule has 1 N–H and O–H groups in total. The summed E-state index contributed by atoms with van der Waals surface area (Å²) in [4.78, 5) is 35.8. The maximum absolute atomic E-state index is 12.5. The van der Waals surface area contributed by atoms with Gasteiger partial charge in [-0.25, -0.2) is 4.79 Å². The molecule has 0 radical (unpaired) electrons. The van der Waals surface area contributed by atoms with Crippen LogP contribution in [0, 0.1) is 0 Å². The summed E-state index contributed by atoms with van der Waals surface area (Å²) >= 11 is 0. The lowest BCUT2D eigenvalue weighted by Crippen LogP contribution is -2.31. The van der Waals surface area contributed by atoms with E-state index in [4.69, 9.17) is 9.47 Å². The summed E-state index contributed by atoms with van der Waals surface area (Å²) in [6.07, 6.45) is 0.536. The summed E-state index contributed by atoms with van der Waals surface area (Å²) < 4.78 is 10.3. The van der Waals surface area contributed by atoms with Crippen LogP contribution in [0.15, 0.2) is 70.9 Å². The van der Waals surface area contributed by atoms with Crippen LogP contribution in [0.3, 0.4) is 0 Å². The molecule has 31 heavy (non-hydrogen) atoms. The summed E-state index contributed by atoms with van der Waals surface area (Å²) in [7, 11) is 1.49. The third kappa shape index (κ3) is 7.18. The van der Waals surface area contributed by atoms with Crippen molar-refractivity contribution in [1.29, 1.82) is 0 Å². The van der Waals surface area contributed by atoms with Crippen molar-refractivity contribution in [3.63, 3.8) is 0 Å². The van der Waals surface area contributed by atoms with Crippen LogP contribution in [0.2, 0.25) is 0 Å². The average Bonchev–Trinajstić information content (AvgIpc) is 2.75. The van der Waals surface area contributed by atoms with Gasteiger partial charge in [0.25, 0.3) is 5.91 Å². The summed E-state index contributed by atoms with van der Waals surface area (Å²) in [5, 5.41) is 10.6. The third-order valence-electron chi connectivity index (χ3n) is 4.20. The number of benzene rings is 2. The largest absolute Gasteiger partial charge is 0.495 e. The van der Waals surface area contributed by atoms with Gasteiger partial charge >= 0.3 is 5.97 Å². The average molecular weight is 423 g/mol. The van der Waals surface area contributed by atoms with Gasteiger partial charge in [0.2, 0.25) is 6.04 Å². The fraction of sp³-hybridized carbons (Fsp3) is 0.261. The van der Waals surface area contributed by atoms with Gasteiger partial charge in [0.1, 0.15) is 5.75 Å². The van der Waals surface area contributed by atoms with E-state index in [1.54, 1.807) is 55.5 Å². The van der Waals surface area contributed by atoms with E-state index in [1.165, 1.54) is 14.0 Å². The number of carbonyl (C=O) groups excluding carboxylic acids is 3. The van der Waals surface area contributed by atoms with Gasteiger partial charge in [-0.3, -0.25) is 9.59 Å². The van der Waals surface area contributed by atoms with Crippen molar-refractivity contribution in [1.82, 2.24) is 0 Å². The number of rotatable bonds is 10. The maximum atomic E-state index is 12.5. The lowest BCUT2D eigenvalue weighted by molar-refractivity contribution is -0.138. The maximum Gasteiger partial charge on any atom is 0.333 e. The van der Waals surface area contributed by atoms with E-state index in [9.17, 15) is 14.4 Å². The Bertz CT molecular complexity index is 983. The van der Waals surface area contributed by atoms with Crippen molar-refractivity contribution in [3.8, 4) is 5.75 Å². The van der Waals surface area contributed by atoms with Gasteiger partial charge < -0.3 is 14.8 Å². The number of nitrogens with zero attached hydrogens (tertiary/aromatic N) is 2. The van der Waals surface area contributed by atoms with Crippen molar-refractivity contribution >= 4 is 29.0 Å². The first kappa shape index (κ1) is 23.5. The molecule has 0 fully saturated rings. The van der Waals surface area contributed by atoms with Gasteiger partial charge in [-0.05, 0) is 43.7 Å². The third-order valence-corrected chi connectivity index (χ3v) is 4.20. The standard InChI is InChI=1S/C23H25N3O5/c1-15(2)23(29)31-14-13-17-9-11-18(12-10-17)25-26-21(16(3)27)22(28)24-19-7-5-6-8-20(19)30-4/h5-12,21H,1,13-14H2,2-4H3,(H,24,28). The Morgan fingerprint density at radius 3 is 2.35 bits per heavy atom. The topological polar surface area (TPSA) is 106 Å². The van der Waals surface area contributed by atoms with E-state index in [1.807, 2.05) is 0 Å². The van der Waals surface area contributed by atoms with Gasteiger partial charge in [-0.15, -0.1) is 0 Å². The van der Waals surface area contributed by atoms with Crippen LogP contribution in [0.1, 0.15) is 19.4 Å². The summed E-state index contributed by atoms with van der Waals surface area (Å²) in [5.41, 5.74) is 2.21. The molecule has 2 aromatic rings. The molecule has 0 bridgehead atoms. The highest BCUT2D eigenvalue weighted by molar-refractivity contribution is 6.10. The monoisotopic (exact) mass is 423 g/mol. The molecule has 1 amide bonds. The number of hydrogen-bond acceptors (Lipinski definition) is 7. The molecule has 8 nitrogen and oxygen atoms in total. The van der Waals surface area contributed by atoms with Crippen LogP contribution in [-0.4, -0.2) is 37.4 Å². The van der Waals surface area contributed by atoms with Crippen LogP contribution in [0.25, 0.3) is 0 Å². The molecule has 0 spiro atoms. The Hall–Kier alpha value is -3.81. The SMILES string of the molecule is C=C(C)C(=O)OCCc1ccc(N=NC(C(C)=O)C(=O)Nc2ccccc2OC)cc1. The van der Waals surface area contributed by atoms with E-state index < -0.39 is 23.7 Å². The van der Waals surface area contributed by atoms with Crippen LogP contribution in [0.5, 0.6) is 5.75 Å². The molecule has 0 heterocycles. The smallest absolute Gasteiger partial charge is 0.333 e. The van der Waals surface area contributed by atoms with E-state index in [0.29, 0.717) is 29.1 Å². The molecule has 1 unspecified atom stereocenters. The molecular weight excluding hydrogens is 398 g/mol. The highest BCUT2D eigenvalue weighted by Gasteiger charge is 2.24. The van der Waals surface area contributed by atoms with Crippen molar-refractivity contribution < 1.29 is 23.9 Å². The second kappa shape index (κ2) is 11.4. The predicted molar refractivity (Wildman–Crippen MR) is 117 cm³/mol. The number of ketones is 1. The fourth-order valence-corrected chi connectivity index (χ4v) is 2.51. The van der Waals surface area contributed by atoms with Crippen LogP contribution in [-0.2, 0) is 25.5 Å². The normalized spacial score (nSPS) is 11.6. The molecule has 2 rings (SSSR count). The van der Waals surface area contributed by atoms with Crippen molar-refractivity contribution in [2.24, 2.45) is 10.2 Å². The predicted octanol–water partition coefficient (Wildman–Crippen LogP) is 4.04. The molecule has 8 heteroatoms. The van der Waals surface area contributed by atoms with E-state index in [-0.39, 0.29) is 6.61 Å². The number of Topliss-reactive ketones (excluding diaryl/α,β-unsaturated/α-hetero) is 1. The second-order valence-electron chi connectivity index (χ2n) is 6.75. The number of azo groups is 1. The fourth-order valence-electron chi connectivity index (χ4n) is 2.51. The lowest BCUT2D eigenvalue weighted by Gasteiger charge is -2.12. The van der Waals surface area contributed by atoms with Crippen molar-refractivity contribution in [2.75, 3.05) is 19.0 Å². The number of anilines is 1. The number of hydrogen-bond donors (Lipinski definition) is 1. The Kier molecular flexibility index (Phi) is 8.63. The minimum atomic E-state index is -1.29. The lowest BCUT2D eigenvalue weighted by atomic mass is 10.1. The van der Waals surface area contributed by atoms with Gasteiger partial charge in [0, 0.05) is 12.0 Å². The Morgan fingerprint density at radius 2 is 1.74 bits per heavy atom. The molecule has 0 saturated heterocycles. The van der Waals surface area contributed by atoms with E-state index in [2.05, 4.69) is 22.1 Å². The van der Waals surface area contributed by atoms with Gasteiger partial charge in [0.05, 0.1) is 25.1 Å². The van der Waals surface area contributed by atoms with Crippen LogP contribution in [0.4, 0.5) is 11.4 Å². The Balaban J connectivity index is 2.00. The quantitative estimate of drug-likeness (QED) is 0.269. The van der Waals surface area contributed by atoms with Crippen LogP contribution < -0.4 is 10.1 Å². The number of nitrogens with one attached hydrogen (secondary N) is 1. The second-order valence-corrected chi connectivity index (χ2v) is 6.75. The molecule has 1 atom stereocenters. The molecule has 0 saturated carbocycles. The molecule has 0 aliphatic heterocycles. The highest BCUT2D eigenvalue weighted by atomic mass is 16.5. The first-order chi connectivity index (χ1) is 14.8. The first-order valence-electron chi connectivity index (χ1n) is 9.58. The molecule has 0 aliphatic rings. The zero-order valence-electron chi connectivity index (χ0n) is 17.8. The van der Waals surface area contributed by atoms with Gasteiger partial charge in [-0.1, -0.05) is 30.8 Å². The van der Waals surface area contributed by atoms with Crippen molar-refractivity contribution in [3.05, 3.63) is 66.2 Å². The summed E-state index contributed by atoms with van der Waals surface area (Å²) in [6, 6.07) is 12.6. The number of esters is 1. The molecular formula is C23H25N3O5. The highest BCUT2D eigenvalue weighted by Crippen LogP contribution is 2.23. The summed E-state index contributed by atoms with van der Waals surface area (Å²) in [5.74, 6) is -0.990. The van der Waals surface area contributed by atoms with Gasteiger partial charge in [-0.2, -0.15) is 10.2 Å². The minimum Gasteiger partial charge on any atom is -0.495 e. The Labute approximate surface area is 181 Å². The number of para-hydroxylation sites is 2. The number of carbonyl (C=O) groups is 3. The van der Waals surface area contributed by atoms with Gasteiger partial charge in [0.15, 0.2) is 5.78 Å². The first-order valence-corrected chi connectivity index (χ1v) is 9.58. The molecule has 2 aromatic carbocycles. The number of methoxy groups -OCH3 is 1. The van der Waals surface area contributed by atoms with Crippen molar-refractivity contribution in [2.45, 2.75) is 26.3 Å². The van der Waals surface area contributed by atoms with E-state index in [0.717, 1.165) is 5.56 Å². The number of amides is 1. The molecule has 0 aromatic heterocycles. The van der Waals surface area contributed by atoms with Crippen LogP contribution >= 0.6 is 0 Å². The minimum absolute atomic E-state index is 0.238. The number of ether oxygens (including phenoxy) is 2. The Morgan fingerprint density at radius 1 is 1.06 bits per heavy atom. The summed E-state index contributed by atoms with van der Waals surface area (Å²) in [6.45, 7) is 6.63. The molecule has 0 aliphatic carbocycles. The zero-order valence-corrected chi connectivity index (χ0v) is 17.8. The zero-order chi connectivity index (χ0) is 22.8. The molecule has 162 valence electrons. The van der Waals surface area contributed by atoms with E-state index >= 15 is 0 Å².